The fraction of sp³-hybridized carbons (Fsp3) is 0.200. The van der Waals surface area contributed by atoms with E-state index in [1.807, 2.05) is 42.5 Å². The standard InChI is InChI=1S/C25H23NO7/c1-30-21-8-6-19(18-4-2-3-16(9-18)11-24(27)28)12-20(21)13-26-25(29)31-14-17-5-7-22-23(10-17)33-15-32-22/h2-10,12H,11,13-15H2,1H3,(H,26,29)(H,27,28). The van der Waals surface area contributed by atoms with Crippen LogP contribution < -0.4 is 19.5 Å². The second-order valence-electron chi connectivity index (χ2n) is 7.41. The van der Waals surface area contributed by atoms with E-state index in [4.69, 9.17) is 24.1 Å². The predicted octanol–water partition coefficient (Wildman–Crippen LogP) is 4.14. The first-order chi connectivity index (χ1) is 16.0. The first-order valence-electron chi connectivity index (χ1n) is 10.3. The monoisotopic (exact) mass is 449 g/mol. The van der Waals surface area contributed by atoms with Crippen LogP contribution in [0.1, 0.15) is 16.7 Å². The van der Waals surface area contributed by atoms with E-state index in [0.717, 1.165) is 22.3 Å². The molecule has 0 saturated carbocycles. The number of aliphatic carboxylic acids is 1. The highest BCUT2D eigenvalue weighted by molar-refractivity contribution is 5.73. The molecule has 0 aliphatic carbocycles. The summed E-state index contributed by atoms with van der Waals surface area (Å²) in [6, 6.07) is 18.3. The van der Waals surface area contributed by atoms with Gasteiger partial charge in [-0.25, -0.2) is 4.79 Å². The summed E-state index contributed by atoms with van der Waals surface area (Å²) in [6.07, 6.45) is -0.614. The average molecular weight is 449 g/mol. The van der Waals surface area contributed by atoms with Crippen LogP contribution in [0, 0.1) is 0 Å². The zero-order valence-electron chi connectivity index (χ0n) is 18.0. The normalized spacial score (nSPS) is 11.7. The molecule has 0 radical (unpaired) electrons. The molecule has 0 spiro atoms. The summed E-state index contributed by atoms with van der Waals surface area (Å²) in [5.41, 5.74) is 4.02. The molecule has 0 saturated heterocycles. The van der Waals surface area contributed by atoms with E-state index in [9.17, 15) is 9.59 Å². The third kappa shape index (κ3) is 5.54. The van der Waals surface area contributed by atoms with Crippen molar-refractivity contribution in [1.82, 2.24) is 5.32 Å². The molecule has 3 aromatic rings. The van der Waals surface area contributed by atoms with E-state index in [0.29, 0.717) is 22.8 Å². The summed E-state index contributed by atoms with van der Waals surface area (Å²) in [7, 11) is 1.56. The molecule has 1 heterocycles. The summed E-state index contributed by atoms with van der Waals surface area (Å²) in [5.74, 6) is 1.04. The predicted molar refractivity (Wildman–Crippen MR) is 119 cm³/mol. The molecule has 8 heteroatoms. The molecule has 0 aromatic heterocycles. The number of nitrogens with one attached hydrogen (secondary N) is 1. The van der Waals surface area contributed by atoms with Crippen molar-refractivity contribution in [2.75, 3.05) is 13.9 Å². The minimum Gasteiger partial charge on any atom is -0.496 e. The van der Waals surface area contributed by atoms with Crippen LogP contribution >= 0.6 is 0 Å². The van der Waals surface area contributed by atoms with Crippen molar-refractivity contribution in [3.63, 3.8) is 0 Å². The quantitative estimate of drug-likeness (QED) is 0.533. The van der Waals surface area contributed by atoms with Gasteiger partial charge in [-0.05, 0) is 46.5 Å². The molecule has 1 aliphatic rings. The fourth-order valence-corrected chi connectivity index (χ4v) is 3.53. The molecule has 3 aromatic carbocycles. The van der Waals surface area contributed by atoms with E-state index < -0.39 is 12.1 Å². The van der Waals surface area contributed by atoms with Crippen molar-refractivity contribution in [2.45, 2.75) is 19.6 Å². The molecule has 0 atom stereocenters. The second-order valence-corrected chi connectivity index (χ2v) is 7.41. The van der Waals surface area contributed by atoms with Gasteiger partial charge in [0.1, 0.15) is 12.4 Å². The Hall–Kier alpha value is -4.20. The van der Waals surface area contributed by atoms with Crippen molar-refractivity contribution in [3.05, 3.63) is 77.4 Å². The van der Waals surface area contributed by atoms with Crippen LogP contribution in [-0.4, -0.2) is 31.1 Å². The SMILES string of the molecule is COc1ccc(-c2cccc(CC(=O)O)c2)cc1CNC(=O)OCc1ccc2c(c1)OCO2. The van der Waals surface area contributed by atoms with E-state index in [2.05, 4.69) is 5.32 Å². The van der Waals surface area contributed by atoms with Crippen LogP contribution in [-0.2, 0) is 29.1 Å². The number of rotatable bonds is 8. The minimum absolute atomic E-state index is 0.0480. The van der Waals surface area contributed by atoms with Gasteiger partial charge < -0.3 is 29.4 Å². The number of hydrogen-bond donors (Lipinski definition) is 2. The summed E-state index contributed by atoms with van der Waals surface area (Å²) in [4.78, 5) is 23.3. The largest absolute Gasteiger partial charge is 0.496 e. The van der Waals surface area contributed by atoms with Gasteiger partial charge >= 0.3 is 12.1 Å². The van der Waals surface area contributed by atoms with Crippen molar-refractivity contribution in [2.24, 2.45) is 0 Å². The lowest BCUT2D eigenvalue weighted by molar-refractivity contribution is -0.136. The van der Waals surface area contributed by atoms with E-state index in [-0.39, 0.29) is 26.4 Å². The Morgan fingerprint density at radius 2 is 1.79 bits per heavy atom. The van der Waals surface area contributed by atoms with Crippen LogP contribution in [0.25, 0.3) is 11.1 Å². The lowest BCUT2D eigenvalue weighted by Gasteiger charge is -2.13. The highest BCUT2D eigenvalue weighted by Gasteiger charge is 2.14. The van der Waals surface area contributed by atoms with Crippen molar-refractivity contribution >= 4 is 12.1 Å². The molecule has 1 amide bonds. The Balaban J connectivity index is 1.40. The topological polar surface area (TPSA) is 103 Å². The first kappa shape index (κ1) is 22.0. The number of carbonyl (C=O) groups excluding carboxylic acids is 1. The second kappa shape index (κ2) is 9.95. The van der Waals surface area contributed by atoms with Gasteiger partial charge in [-0.3, -0.25) is 4.79 Å². The molecule has 8 nitrogen and oxygen atoms in total. The summed E-state index contributed by atoms with van der Waals surface area (Å²) in [5, 5.41) is 11.8. The molecule has 0 unspecified atom stereocenters. The highest BCUT2D eigenvalue weighted by atomic mass is 16.7. The molecule has 33 heavy (non-hydrogen) atoms. The van der Waals surface area contributed by atoms with E-state index in [1.54, 1.807) is 25.3 Å². The number of carboxylic acid groups (broad SMARTS) is 1. The van der Waals surface area contributed by atoms with Crippen LogP contribution in [0.3, 0.4) is 0 Å². The molecular formula is C25H23NO7. The van der Waals surface area contributed by atoms with Gasteiger partial charge in [0.05, 0.1) is 13.5 Å². The van der Waals surface area contributed by atoms with Gasteiger partial charge in [-0.1, -0.05) is 36.4 Å². The van der Waals surface area contributed by atoms with Crippen LogP contribution in [0.15, 0.2) is 60.7 Å². The number of amides is 1. The van der Waals surface area contributed by atoms with Gasteiger partial charge in [0.2, 0.25) is 6.79 Å². The smallest absolute Gasteiger partial charge is 0.407 e. The number of fused-ring (bicyclic) bond motifs is 1. The van der Waals surface area contributed by atoms with E-state index >= 15 is 0 Å². The Morgan fingerprint density at radius 1 is 0.970 bits per heavy atom. The third-order valence-electron chi connectivity index (χ3n) is 5.13. The van der Waals surface area contributed by atoms with Gasteiger partial charge in [-0.2, -0.15) is 0 Å². The maximum absolute atomic E-state index is 12.2. The number of alkyl carbamates (subject to hydrolysis) is 1. The summed E-state index contributed by atoms with van der Waals surface area (Å²) in [6.45, 7) is 0.479. The van der Waals surface area contributed by atoms with Crippen molar-refractivity contribution < 1.29 is 33.6 Å². The van der Waals surface area contributed by atoms with Crippen molar-refractivity contribution in [1.29, 1.82) is 0 Å². The first-order valence-corrected chi connectivity index (χ1v) is 10.3. The Bertz CT molecular complexity index is 1180. The average Bonchev–Trinajstić information content (AvgIpc) is 3.29. The zero-order chi connectivity index (χ0) is 23.2. The minimum atomic E-state index is -0.883. The van der Waals surface area contributed by atoms with Crippen molar-refractivity contribution in [3.8, 4) is 28.4 Å². The Kier molecular flexibility index (Phi) is 6.64. The number of methoxy groups -OCH3 is 1. The van der Waals surface area contributed by atoms with Gasteiger partial charge in [0.15, 0.2) is 11.5 Å². The number of hydrogen-bond acceptors (Lipinski definition) is 6. The van der Waals surface area contributed by atoms with Crippen LogP contribution in [0.4, 0.5) is 4.79 Å². The molecule has 4 rings (SSSR count). The Labute approximate surface area is 190 Å². The molecule has 170 valence electrons. The fourth-order valence-electron chi connectivity index (χ4n) is 3.53. The lowest BCUT2D eigenvalue weighted by Crippen LogP contribution is -2.23. The highest BCUT2D eigenvalue weighted by Crippen LogP contribution is 2.32. The molecule has 2 N–H and O–H groups in total. The lowest BCUT2D eigenvalue weighted by atomic mass is 9.99. The zero-order valence-corrected chi connectivity index (χ0v) is 18.0. The van der Waals surface area contributed by atoms with Crippen LogP contribution in [0.5, 0.6) is 17.2 Å². The number of ether oxygens (including phenoxy) is 4. The van der Waals surface area contributed by atoms with Gasteiger partial charge in [0, 0.05) is 12.1 Å². The number of benzene rings is 3. The van der Waals surface area contributed by atoms with Gasteiger partial charge in [-0.15, -0.1) is 0 Å². The summed E-state index contributed by atoms with van der Waals surface area (Å²) < 4.78 is 21.3. The number of carboxylic acids is 1. The maximum Gasteiger partial charge on any atom is 0.407 e. The van der Waals surface area contributed by atoms with Gasteiger partial charge in [0.25, 0.3) is 0 Å². The molecular weight excluding hydrogens is 426 g/mol. The van der Waals surface area contributed by atoms with E-state index in [1.165, 1.54) is 0 Å². The number of carbonyl (C=O) groups is 2. The third-order valence-corrected chi connectivity index (χ3v) is 5.13. The van der Waals surface area contributed by atoms with Crippen LogP contribution in [0.2, 0.25) is 0 Å². The molecule has 1 aliphatic heterocycles. The Morgan fingerprint density at radius 3 is 2.61 bits per heavy atom. The maximum atomic E-state index is 12.2. The summed E-state index contributed by atoms with van der Waals surface area (Å²) >= 11 is 0. The molecule has 0 fully saturated rings. The molecule has 0 bridgehead atoms.